The Labute approximate surface area is 133 Å². The summed E-state index contributed by atoms with van der Waals surface area (Å²) in [5.74, 6) is -0.0704. The molecule has 0 aliphatic carbocycles. The second-order valence-corrected chi connectivity index (χ2v) is 6.38. The molecule has 2 aromatic rings. The molecule has 0 saturated heterocycles. The second-order valence-electron chi connectivity index (χ2n) is 5.37. The van der Waals surface area contributed by atoms with Gasteiger partial charge in [-0.15, -0.1) is 0 Å². The van der Waals surface area contributed by atoms with Gasteiger partial charge in [0.2, 0.25) is 0 Å². The average Bonchev–Trinajstić information content (AvgIpc) is 3.08. The Morgan fingerprint density at radius 2 is 2.14 bits per heavy atom. The van der Waals surface area contributed by atoms with E-state index >= 15 is 0 Å². The fraction of sp³-hybridized carbons (Fsp3) is 0.176. The monoisotopic (exact) mass is 309 g/mol. The zero-order valence-electron chi connectivity index (χ0n) is 12.2. The number of benzene rings is 2. The molecule has 2 aliphatic rings. The van der Waals surface area contributed by atoms with Gasteiger partial charge in [0.05, 0.1) is 12.2 Å². The maximum Gasteiger partial charge on any atom is 0.255 e. The Morgan fingerprint density at radius 3 is 3.00 bits per heavy atom. The smallest absolute Gasteiger partial charge is 0.255 e. The number of hydrogen-bond donors (Lipinski definition) is 1. The largest absolute Gasteiger partial charge is 0.322 e. The van der Waals surface area contributed by atoms with Crippen LogP contribution in [0.1, 0.15) is 15.9 Å². The minimum atomic E-state index is -0.0704. The zero-order valence-corrected chi connectivity index (χ0v) is 13.0. The summed E-state index contributed by atoms with van der Waals surface area (Å²) in [5.41, 5.74) is 3.65. The van der Waals surface area contributed by atoms with Gasteiger partial charge in [-0.25, -0.2) is 0 Å². The first-order valence-electron chi connectivity index (χ1n) is 7.23. The topological polar surface area (TPSA) is 44.7 Å². The highest BCUT2D eigenvalue weighted by Gasteiger charge is 2.29. The summed E-state index contributed by atoms with van der Waals surface area (Å²) in [6, 6.07) is 13.6. The number of carbonyl (C=O) groups excluding carboxylic acids is 1. The van der Waals surface area contributed by atoms with Gasteiger partial charge in [-0.05, 0) is 48.5 Å². The van der Waals surface area contributed by atoms with E-state index in [0.717, 1.165) is 35.2 Å². The number of amidine groups is 1. The first kappa shape index (κ1) is 13.4. The predicted octanol–water partition coefficient (Wildman–Crippen LogP) is 3.53. The number of rotatable bonds is 2. The van der Waals surface area contributed by atoms with Crippen molar-refractivity contribution in [1.82, 2.24) is 0 Å². The van der Waals surface area contributed by atoms with Crippen LogP contribution in [-0.4, -0.2) is 24.2 Å². The Bertz CT molecular complexity index is 800. The number of nitrogens with one attached hydrogen (secondary N) is 1. The number of nitrogens with zero attached hydrogens (tertiary/aromatic N) is 2. The van der Waals surface area contributed by atoms with Crippen LogP contribution in [0.4, 0.5) is 11.4 Å². The molecule has 110 valence electrons. The maximum absolute atomic E-state index is 12.4. The highest BCUT2D eigenvalue weighted by molar-refractivity contribution is 8.14. The molecule has 1 N–H and O–H groups in total. The molecule has 22 heavy (non-hydrogen) atoms. The summed E-state index contributed by atoms with van der Waals surface area (Å²) in [6.45, 7) is 3.72. The first-order chi connectivity index (χ1) is 10.7. The maximum atomic E-state index is 12.4. The lowest BCUT2D eigenvalue weighted by molar-refractivity contribution is 0.102. The summed E-state index contributed by atoms with van der Waals surface area (Å²) in [5, 5.41) is 4.06. The van der Waals surface area contributed by atoms with Crippen molar-refractivity contribution in [2.75, 3.05) is 23.3 Å². The highest BCUT2D eigenvalue weighted by Crippen LogP contribution is 2.43. The lowest BCUT2D eigenvalue weighted by Gasteiger charge is -2.14. The quantitative estimate of drug-likeness (QED) is 0.923. The normalized spacial score (nSPS) is 15.3. The molecular weight excluding hydrogens is 294 g/mol. The lowest BCUT2D eigenvalue weighted by atomic mass is 10.1. The van der Waals surface area contributed by atoms with Crippen molar-refractivity contribution in [2.45, 2.75) is 11.8 Å². The zero-order chi connectivity index (χ0) is 15.1. The molecule has 2 heterocycles. The summed E-state index contributed by atoms with van der Waals surface area (Å²) >= 11 is 1.70. The number of aliphatic imine (C=N–C) groups is 1. The van der Waals surface area contributed by atoms with E-state index in [4.69, 9.17) is 0 Å². The Kier molecular flexibility index (Phi) is 3.15. The standard InChI is InChI=1S/C17H15N3OS/c1-11-4-2-3-5-13(11)16(21)19-12-6-7-15-14(10-12)20-9-8-18-17(20)22-15/h2-7,10H,8-9H2,1H3,(H,19,21). The molecule has 5 heteroatoms. The lowest BCUT2D eigenvalue weighted by Crippen LogP contribution is -2.21. The van der Waals surface area contributed by atoms with Crippen molar-refractivity contribution in [3.05, 3.63) is 53.6 Å². The van der Waals surface area contributed by atoms with E-state index in [9.17, 15) is 4.79 Å². The summed E-state index contributed by atoms with van der Waals surface area (Å²) in [7, 11) is 0. The van der Waals surface area contributed by atoms with Crippen LogP contribution in [0.25, 0.3) is 0 Å². The molecule has 0 bridgehead atoms. The number of hydrogen-bond acceptors (Lipinski definition) is 4. The van der Waals surface area contributed by atoms with E-state index in [0.29, 0.717) is 5.56 Å². The van der Waals surface area contributed by atoms with Crippen LogP contribution in [0.15, 0.2) is 52.4 Å². The van der Waals surface area contributed by atoms with E-state index < -0.39 is 0 Å². The molecule has 0 aromatic heterocycles. The summed E-state index contributed by atoms with van der Waals surface area (Å²) in [4.78, 5) is 20.3. The number of fused-ring (bicyclic) bond motifs is 3. The number of thioether (sulfide) groups is 1. The molecule has 0 atom stereocenters. The SMILES string of the molecule is Cc1ccccc1C(=O)Nc1ccc2c(c1)N1CCN=C1S2. The van der Waals surface area contributed by atoms with Gasteiger partial charge >= 0.3 is 0 Å². The van der Waals surface area contributed by atoms with Crippen LogP contribution >= 0.6 is 11.8 Å². The van der Waals surface area contributed by atoms with Crippen molar-refractivity contribution in [2.24, 2.45) is 4.99 Å². The van der Waals surface area contributed by atoms with Gasteiger partial charge in [0, 0.05) is 22.7 Å². The van der Waals surface area contributed by atoms with E-state index in [2.05, 4.69) is 15.2 Å². The van der Waals surface area contributed by atoms with Crippen LogP contribution in [0.3, 0.4) is 0 Å². The number of anilines is 2. The number of aryl methyl sites for hydroxylation is 1. The Balaban J connectivity index is 1.60. The molecule has 0 spiro atoms. The van der Waals surface area contributed by atoms with Crippen molar-refractivity contribution < 1.29 is 4.79 Å². The Hall–Kier alpha value is -2.27. The van der Waals surface area contributed by atoms with Crippen LogP contribution in [0, 0.1) is 6.92 Å². The van der Waals surface area contributed by atoms with Crippen molar-refractivity contribution in [3.8, 4) is 0 Å². The molecule has 0 unspecified atom stereocenters. The average molecular weight is 309 g/mol. The van der Waals surface area contributed by atoms with Crippen molar-refractivity contribution in [3.63, 3.8) is 0 Å². The molecule has 4 rings (SSSR count). The predicted molar refractivity (Wildman–Crippen MR) is 91.1 cm³/mol. The van der Waals surface area contributed by atoms with E-state index in [1.807, 2.05) is 49.4 Å². The molecule has 4 nitrogen and oxygen atoms in total. The highest BCUT2D eigenvalue weighted by atomic mass is 32.2. The van der Waals surface area contributed by atoms with Crippen LogP contribution in [-0.2, 0) is 0 Å². The molecule has 2 aromatic carbocycles. The van der Waals surface area contributed by atoms with Gasteiger partial charge in [0.15, 0.2) is 5.17 Å². The number of carbonyl (C=O) groups is 1. The molecule has 0 radical (unpaired) electrons. The summed E-state index contributed by atoms with van der Waals surface area (Å²) < 4.78 is 0. The third kappa shape index (κ3) is 2.18. The second kappa shape index (κ2) is 5.18. The van der Waals surface area contributed by atoms with Gasteiger partial charge in [-0.2, -0.15) is 0 Å². The van der Waals surface area contributed by atoms with Crippen LogP contribution in [0.2, 0.25) is 0 Å². The van der Waals surface area contributed by atoms with Gasteiger partial charge < -0.3 is 10.2 Å². The van der Waals surface area contributed by atoms with Crippen LogP contribution in [0.5, 0.6) is 0 Å². The molecular formula is C17H15N3OS. The third-order valence-electron chi connectivity index (χ3n) is 3.90. The van der Waals surface area contributed by atoms with E-state index in [1.165, 1.54) is 4.90 Å². The molecule has 1 amide bonds. The van der Waals surface area contributed by atoms with Gasteiger partial charge in [-0.3, -0.25) is 9.79 Å². The van der Waals surface area contributed by atoms with E-state index in [-0.39, 0.29) is 5.91 Å². The fourth-order valence-corrected chi connectivity index (χ4v) is 3.82. The van der Waals surface area contributed by atoms with Crippen molar-refractivity contribution >= 4 is 34.2 Å². The van der Waals surface area contributed by atoms with Crippen molar-refractivity contribution in [1.29, 1.82) is 0 Å². The minimum absolute atomic E-state index is 0.0704. The van der Waals surface area contributed by atoms with Gasteiger partial charge in [0.25, 0.3) is 5.91 Å². The minimum Gasteiger partial charge on any atom is -0.322 e. The first-order valence-corrected chi connectivity index (χ1v) is 8.05. The summed E-state index contributed by atoms with van der Waals surface area (Å²) in [6.07, 6.45) is 0. The molecule has 0 fully saturated rings. The molecule has 0 saturated carbocycles. The fourth-order valence-electron chi connectivity index (χ4n) is 2.75. The Morgan fingerprint density at radius 1 is 1.27 bits per heavy atom. The third-order valence-corrected chi connectivity index (χ3v) is 5.00. The molecule has 2 aliphatic heterocycles. The van der Waals surface area contributed by atoms with E-state index in [1.54, 1.807) is 11.8 Å². The number of amides is 1. The van der Waals surface area contributed by atoms with Gasteiger partial charge in [-0.1, -0.05) is 18.2 Å². The van der Waals surface area contributed by atoms with Gasteiger partial charge in [0.1, 0.15) is 0 Å². The van der Waals surface area contributed by atoms with Crippen LogP contribution < -0.4 is 10.2 Å².